The number of carboxylic acids is 1. The van der Waals surface area contributed by atoms with E-state index < -0.39 is 23.9 Å². The van der Waals surface area contributed by atoms with E-state index in [2.05, 4.69) is 5.32 Å². The number of aromatic hydroxyl groups is 1. The van der Waals surface area contributed by atoms with Crippen molar-refractivity contribution in [2.45, 2.75) is 18.9 Å². The summed E-state index contributed by atoms with van der Waals surface area (Å²) in [6, 6.07) is 2.35. The zero-order chi connectivity index (χ0) is 15.6. The summed E-state index contributed by atoms with van der Waals surface area (Å²) in [4.78, 5) is 35.4. The fraction of sp³-hybridized carbons (Fsp3) is 0.308. The maximum absolute atomic E-state index is 12.1. The number of phenolic OH excluding ortho intramolecular Hbond substituents is 1. The highest BCUT2D eigenvalue weighted by atomic mass is 16.4. The molecule has 8 heteroatoms. The van der Waals surface area contributed by atoms with Gasteiger partial charge in [-0.1, -0.05) is 0 Å². The predicted octanol–water partition coefficient (Wildman–Crippen LogP) is 0.572. The molecule has 1 aliphatic heterocycles. The molecule has 1 unspecified atom stereocenters. The van der Waals surface area contributed by atoms with Crippen molar-refractivity contribution in [1.29, 1.82) is 0 Å². The standard InChI is InChI=1S/C13H15N3O5/c14-11(18)9-2-1-5-16(9)13(21)15-8-4-3-7(12(19)20)6-10(8)17/h3-4,6,9,17H,1-2,5H2,(H2,14,18)(H,15,21)(H,19,20). The van der Waals surface area contributed by atoms with Crippen LogP contribution < -0.4 is 11.1 Å². The minimum atomic E-state index is -1.18. The molecule has 1 aromatic rings. The number of nitrogens with one attached hydrogen (secondary N) is 1. The molecule has 0 radical (unpaired) electrons. The summed E-state index contributed by atoms with van der Waals surface area (Å²) in [7, 11) is 0. The zero-order valence-electron chi connectivity index (χ0n) is 11.1. The Morgan fingerprint density at radius 1 is 1.33 bits per heavy atom. The average molecular weight is 293 g/mol. The summed E-state index contributed by atoms with van der Waals surface area (Å²) >= 11 is 0. The number of rotatable bonds is 3. The Kier molecular flexibility index (Phi) is 3.97. The van der Waals surface area contributed by atoms with Crippen LogP contribution in [0.25, 0.3) is 0 Å². The van der Waals surface area contributed by atoms with Gasteiger partial charge in [-0.05, 0) is 31.0 Å². The van der Waals surface area contributed by atoms with E-state index >= 15 is 0 Å². The highest BCUT2D eigenvalue weighted by Gasteiger charge is 2.32. The van der Waals surface area contributed by atoms with Crippen molar-refractivity contribution in [3.63, 3.8) is 0 Å². The Morgan fingerprint density at radius 3 is 2.62 bits per heavy atom. The number of anilines is 1. The van der Waals surface area contributed by atoms with E-state index in [4.69, 9.17) is 10.8 Å². The number of aromatic carboxylic acids is 1. The Labute approximate surface area is 120 Å². The summed E-state index contributed by atoms with van der Waals surface area (Å²) < 4.78 is 0. The number of nitrogens with two attached hydrogens (primary N) is 1. The number of carbonyl (C=O) groups is 3. The molecule has 0 spiro atoms. The highest BCUT2D eigenvalue weighted by molar-refractivity contribution is 5.96. The molecular weight excluding hydrogens is 278 g/mol. The number of hydrogen-bond acceptors (Lipinski definition) is 4. The van der Waals surface area contributed by atoms with Crippen molar-refractivity contribution in [1.82, 2.24) is 4.90 Å². The Balaban J connectivity index is 2.13. The molecule has 1 fully saturated rings. The summed E-state index contributed by atoms with van der Waals surface area (Å²) in [6.45, 7) is 0.396. The van der Waals surface area contributed by atoms with Crippen LogP contribution in [0.5, 0.6) is 5.75 Å². The summed E-state index contributed by atoms with van der Waals surface area (Å²) in [5, 5.41) is 21.0. The minimum absolute atomic E-state index is 0.0696. The first-order chi connectivity index (χ1) is 9.90. The van der Waals surface area contributed by atoms with Crippen molar-refractivity contribution >= 4 is 23.6 Å². The van der Waals surface area contributed by atoms with E-state index in [1.165, 1.54) is 17.0 Å². The Hall–Kier alpha value is -2.77. The van der Waals surface area contributed by atoms with Crippen LogP contribution >= 0.6 is 0 Å². The number of nitrogens with zero attached hydrogens (tertiary/aromatic N) is 1. The summed E-state index contributed by atoms with van der Waals surface area (Å²) in [5.41, 5.74) is 5.20. The van der Waals surface area contributed by atoms with E-state index in [0.717, 1.165) is 6.07 Å². The van der Waals surface area contributed by atoms with E-state index in [0.29, 0.717) is 19.4 Å². The number of phenols is 1. The van der Waals surface area contributed by atoms with Gasteiger partial charge in [0.2, 0.25) is 5.91 Å². The topological polar surface area (TPSA) is 133 Å². The number of primary amides is 1. The van der Waals surface area contributed by atoms with Gasteiger partial charge in [-0.2, -0.15) is 0 Å². The van der Waals surface area contributed by atoms with Gasteiger partial charge < -0.3 is 26.2 Å². The van der Waals surface area contributed by atoms with E-state index in [-0.39, 0.29) is 17.0 Å². The normalized spacial score (nSPS) is 17.5. The fourth-order valence-electron chi connectivity index (χ4n) is 2.26. The van der Waals surface area contributed by atoms with Crippen LogP contribution in [0, 0.1) is 0 Å². The lowest BCUT2D eigenvalue weighted by molar-refractivity contribution is -0.121. The first kappa shape index (κ1) is 14.6. The van der Waals surface area contributed by atoms with Gasteiger partial charge >= 0.3 is 12.0 Å². The molecule has 0 bridgehead atoms. The number of carboxylic acid groups (broad SMARTS) is 1. The predicted molar refractivity (Wildman–Crippen MR) is 73.0 cm³/mol. The van der Waals surface area contributed by atoms with Gasteiger partial charge in [-0.15, -0.1) is 0 Å². The van der Waals surface area contributed by atoms with Crippen LogP contribution in [0.3, 0.4) is 0 Å². The van der Waals surface area contributed by atoms with Gasteiger partial charge in [-0.3, -0.25) is 4.79 Å². The van der Waals surface area contributed by atoms with Crippen LogP contribution in [0.1, 0.15) is 23.2 Å². The van der Waals surface area contributed by atoms with E-state index in [9.17, 15) is 19.5 Å². The molecule has 1 atom stereocenters. The largest absolute Gasteiger partial charge is 0.506 e. The van der Waals surface area contributed by atoms with Crippen LogP contribution in [-0.2, 0) is 4.79 Å². The molecule has 0 aliphatic carbocycles. The van der Waals surface area contributed by atoms with E-state index in [1.807, 2.05) is 0 Å². The van der Waals surface area contributed by atoms with Crippen molar-refractivity contribution < 1.29 is 24.6 Å². The first-order valence-corrected chi connectivity index (χ1v) is 6.33. The summed E-state index contributed by atoms with van der Waals surface area (Å²) in [6.07, 6.45) is 1.18. The molecule has 1 aromatic carbocycles. The molecule has 1 aliphatic rings. The highest BCUT2D eigenvalue weighted by Crippen LogP contribution is 2.26. The number of benzene rings is 1. The van der Waals surface area contributed by atoms with Crippen molar-refractivity contribution in [3.05, 3.63) is 23.8 Å². The number of hydrogen-bond donors (Lipinski definition) is 4. The molecule has 2 rings (SSSR count). The fourth-order valence-corrected chi connectivity index (χ4v) is 2.26. The molecule has 0 saturated carbocycles. The van der Waals surface area contributed by atoms with Gasteiger partial charge in [0, 0.05) is 6.54 Å². The lowest BCUT2D eigenvalue weighted by Crippen LogP contribution is -2.45. The molecule has 1 saturated heterocycles. The SMILES string of the molecule is NC(=O)C1CCCN1C(=O)Nc1ccc(C(=O)O)cc1O. The number of amides is 3. The van der Waals surface area contributed by atoms with Crippen LogP contribution in [0.15, 0.2) is 18.2 Å². The third-order valence-corrected chi connectivity index (χ3v) is 3.33. The van der Waals surface area contributed by atoms with Gasteiger partial charge in [-0.25, -0.2) is 9.59 Å². The lowest BCUT2D eigenvalue weighted by Gasteiger charge is -2.22. The molecule has 1 heterocycles. The van der Waals surface area contributed by atoms with Crippen LogP contribution in [0.4, 0.5) is 10.5 Å². The van der Waals surface area contributed by atoms with Gasteiger partial charge in [0.15, 0.2) is 0 Å². The average Bonchev–Trinajstić information content (AvgIpc) is 2.90. The first-order valence-electron chi connectivity index (χ1n) is 6.33. The number of carbonyl (C=O) groups excluding carboxylic acids is 2. The molecular formula is C13H15N3O5. The zero-order valence-corrected chi connectivity index (χ0v) is 11.1. The third kappa shape index (κ3) is 3.04. The van der Waals surface area contributed by atoms with Crippen molar-refractivity contribution in [2.24, 2.45) is 5.73 Å². The molecule has 8 nitrogen and oxygen atoms in total. The second kappa shape index (κ2) is 5.70. The summed E-state index contributed by atoms with van der Waals surface area (Å²) in [5.74, 6) is -2.12. The van der Waals surface area contributed by atoms with Crippen LogP contribution in [-0.4, -0.2) is 45.6 Å². The number of urea groups is 1. The molecule has 0 aromatic heterocycles. The second-order valence-corrected chi connectivity index (χ2v) is 4.72. The lowest BCUT2D eigenvalue weighted by atomic mass is 10.2. The molecule has 112 valence electrons. The van der Waals surface area contributed by atoms with Gasteiger partial charge in [0.25, 0.3) is 0 Å². The van der Waals surface area contributed by atoms with Crippen molar-refractivity contribution in [3.8, 4) is 5.75 Å². The monoisotopic (exact) mass is 293 g/mol. The molecule has 3 amide bonds. The Morgan fingerprint density at radius 2 is 2.05 bits per heavy atom. The van der Waals surface area contributed by atoms with Gasteiger partial charge in [0.05, 0.1) is 11.3 Å². The van der Waals surface area contributed by atoms with Crippen LogP contribution in [0.2, 0.25) is 0 Å². The quantitative estimate of drug-likeness (QED) is 0.605. The minimum Gasteiger partial charge on any atom is -0.506 e. The molecule has 5 N–H and O–H groups in total. The number of likely N-dealkylation sites (tertiary alicyclic amines) is 1. The van der Waals surface area contributed by atoms with Crippen molar-refractivity contribution in [2.75, 3.05) is 11.9 Å². The molecule has 21 heavy (non-hydrogen) atoms. The smallest absolute Gasteiger partial charge is 0.335 e. The Bertz CT molecular complexity index is 601. The van der Waals surface area contributed by atoms with Gasteiger partial charge in [0.1, 0.15) is 11.8 Å². The second-order valence-electron chi connectivity index (χ2n) is 4.72. The third-order valence-electron chi connectivity index (χ3n) is 3.33. The maximum atomic E-state index is 12.1. The maximum Gasteiger partial charge on any atom is 0.335 e. The van der Waals surface area contributed by atoms with E-state index in [1.54, 1.807) is 0 Å².